The molecule has 0 spiro atoms. The number of methoxy groups -OCH3 is 4. The highest BCUT2D eigenvalue weighted by Crippen LogP contribution is 2.55. The monoisotopic (exact) mass is 436 g/mol. The van der Waals surface area contributed by atoms with Gasteiger partial charge in [0.05, 0.1) is 28.4 Å². The summed E-state index contributed by atoms with van der Waals surface area (Å²) in [5.41, 5.74) is -3.06. The van der Waals surface area contributed by atoms with Crippen LogP contribution in [0.25, 0.3) is 0 Å². The van der Waals surface area contributed by atoms with Crippen molar-refractivity contribution in [2.45, 2.75) is 32.1 Å². The second-order valence-electron chi connectivity index (χ2n) is 8.62. The Morgan fingerprint density at radius 2 is 1.23 bits per heavy atom. The minimum absolute atomic E-state index is 0.113. The van der Waals surface area contributed by atoms with Crippen LogP contribution >= 0.6 is 0 Å². The Morgan fingerprint density at radius 1 is 0.774 bits per heavy atom. The maximum atomic E-state index is 13.2. The largest absolute Gasteiger partial charge is 0.468 e. The van der Waals surface area contributed by atoms with Crippen molar-refractivity contribution in [2.24, 2.45) is 34.5 Å². The zero-order valence-electron chi connectivity index (χ0n) is 18.2. The quantitative estimate of drug-likeness (QED) is 0.277. The number of carbonyl (C=O) groups is 5. The van der Waals surface area contributed by atoms with Gasteiger partial charge in [0.25, 0.3) is 0 Å². The fraction of sp³-hybridized carbons (Fsp3) is 0.682. The Morgan fingerprint density at radius 3 is 1.74 bits per heavy atom. The maximum absolute atomic E-state index is 13.2. The first kappa shape index (κ1) is 23.0. The van der Waals surface area contributed by atoms with E-state index in [0.29, 0.717) is 6.42 Å². The lowest BCUT2D eigenvalue weighted by atomic mass is 9.52. The van der Waals surface area contributed by atoms with Gasteiger partial charge in [-0.05, 0) is 43.4 Å². The number of allylic oxidation sites excluding steroid dienone is 2. The molecule has 3 aliphatic rings. The summed E-state index contributed by atoms with van der Waals surface area (Å²) in [5, 5.41) is 0. The van der Waals surface area contributed by atoms with Crippen LogP contribution in [0.15, 0.2) is 12.2 Å². The standard InChI is InChI=1S/C22H28O9/c1-28-17(24)21(18(25)29-2)8-7-14-12(9-21)5-6-13-10-22(19(26)30-3,20(27)31-4)11-15(23)16(13)14/h5-6,12-14,16H,7-11H2,1-4H3/t12-,13-,14+,16-/m0/s1. The lowest BCUT2D eigenvalue weighted by molar-refractivity contribution is -0.180. The van der Waals surface area contributed by atoms with Gasteiger partial charge in [-0.2, -0.15) is 0 Å². The molecule has 0 aliphatic heterocycles. The number of ether oxygens (including phenoxy) is 4. The van der Waals surface area contributed by atoms with Crippen molar-refractivity contribution in [1.82, 2.24) is 0 Å². The van der Waals surface area contributed by atoms with Crippen molar-refractivity contribution in [3.05, 3.63) is 12.2 Å². The molecular weight excluding hydrogens is 408 g/mol. The molecule has 0 N–H and O–H groups in total. The molecule has 0 heterocycles. The summed E-state index contributed by atoms with van der Waals surface area (Å²) >= 11 is 0. The van der Waals surface area contributed by atoms with Gasteiger partial charge in [0, 0.05) is 12.3 Å². The molecule has 3 rings (SSSR count). The smallest absolute Gasteiger partial charge is 0.323 e. The maximum Gasteiger partial charge on any atom is 0.323 e. The fourth-order valence-electron chi connectivity index (χ4n) is 5.85. The predicted octanol–water partition coefficient (Wildman–Crippen LogP) is 1.23. The van der Waals surface area contributed by atoms with Crippen LogP contribution in [0.4, 0.5) is 0 Å². The van der Waals surface area contributed by atoms with Crippen LogP contribution < -0.4 is 0 Å². The van der Waals surface area contributed by atoms with Crippen LogP contribution in [0.3, 0.4) is 0 Å². The summed E-state index contributed by atoms with van der Waals surface area (Å²) in [6, 6.07) is 0. The van der Waals surface area contributed by atoms with Crippen molar-refractivity contribution in [3.63, 3.8) is 0 Å². The molecular formula is C22H28O9. The van der Waals surface area contributed by atoms with Crippen molar-refractivity contribution in [1.29, 1.82) is 0 Å². The van der Waals surface area contributed by atoms with E-state index in [0.717, 1.165) is 0 Å². The van der Waals surface area contributed by atoms with E-state index >= 15 is 0 Å². The van der Waals surface area contributed by atoms with E-state index in [-0.39, 0.29) is 49.2 Å². The Bertz CT molecular complexity index is 795. The van der Waals surface area contributed by atoms with Gasteiger partial charge < -0.3 is 18.9 Å². The van der Waals surface area contributed by atoms with Crippen LogP contribution in [0.1, 0.15) is 32.1 Å². The molecule has 4 atom stereocenters. The van der Waals surface area contributed by atoms with Crippen LogP contribution in [0.2, 0.25) is 0 Å². The van der Waals surface area contributed by atoms with Gasteiger partial charge in [0.1, 0.15) is 5.78 Å². The molecule has 2 saturated carbocycles. The van der Waals surface area contributed by atoms with Gasteiger partial charge in [-0.25, -0.2) is 0 Å². The normalized spacial score (nSPS) is 30.3. The SMILES string of the molecule is COC(=O)C1(C(=O)OC)CC[C@H]2[C@H]3C(=O)CC(C(=O)OC)(C(=O)OC)C[C@@H]3C=C[C@H]2C1. The predicted molar refractivity (Wildman–Crippen MR) is 104 cm³/mol. The van der Waals surface area contributed by atoms with Crippen LogP contribution in [-0.4, -0.2) is 58.1 Å². The summed E-state index contributed by atoms with van der Waals surface area (Å²) in [6.45, 7) is 0. The molecule has 0 aromatic heterocycles. The van der Waals surface area contributed by atoms with Gasteiger partial charge in [0.15, 0.2) is 10.8 Å². The highest BCUT2D eigenvalue weighted by Gasteiger charge is 2.61. The van der Waals surface area contributed by atoms with Gasteiger partial charge in [0.2, 0.25) is 0 Å². The Hall–Kier alpha value is -2.71. The topological polar surface area (TPSA) is 122 Å². The molecule has 0 bridgehead atoms. The molecule has 9 nitrogen and oxygen atoms in total. The third kappa shape index (κ3) is 3.43. The molecule has 3 aliphatic carbocycles. The summed E-state index contributed by atoms with van der Waals surface area (Å²) in [7, 11) is 4.82. The molecule has 0 unspecified atom stereocenters. The minimum Gasteiger partial charge on any atom is -0.468 e. The van der Waals surface area contributed by atoms with Crippen LogP contribution in [-0.2, 0) is 42.9 Å². The van der Waals surface area contributed by atoms with E-state index in [1.165, 1.54) is 28.4 Å². The Labute approximate surface area is 180 Å². The van der Waals surface area contributed by atoms with Gasteiger partial charge in [-0.15, -0.1) is 0 Å². The molecule has 31 heavy (non-hydrogen) atoms. The lowest BCUT2D eigenvalue weighted by Gasteiger charge is -2.49. The first-order valence-electron chi connectivity index (χ1n) is 10.3. The van der Waals surface area contributed by atoms with Crippen LogP contribution in [0, 0.1) is 34.5 Å². The number of hydrogen-bond donors (Lipinski definition) is 0. The fourth-order valence-corrected chi connectivity index (χ4v) is 5.85. The first-order valence-corrected chi connectivity index (χ1v) is 10.3. The summed E-state index contributed by atoms with van der Waals surface area (Å²) in [6.07, 6.45) is 4.35. The molecule has 9 heteroatoms. The van der Waals surface area contributed by atoms with Gasteiger partial charge >= 0.3 is 23.9 Å². The van der Waals surface area contributed by atoms with Crippen molar-refractivity contribution >= 4 is 29.7 Å². The van der Waals surface area contributed by atoms with Gasteiger partial charge in [-0.3, -0.25) is 24.0 Å². The average molecular weight is 436 g/mol. The Kier molecular flexibility index (Phi) is 6.25. The minimum atomic E-state index is -1.66. The Balaban J connectivity index is 1.93. The molecule has 0 amide bonds. The zero-order valence-corrected chi connectivity index (χ0v) is 18.2. The molecule has 0 aromatic carbocycles. The molecule has 2 fully saturated rings. The summed E-state index contributed by atoms with van der Waals surface area (Å²) in [4.78, 5) is 63.2. The number of carbonyl (C=O) groups excluding carboxylic acids is 5. The highest BCUT2D eigenvalue weighted by molar-refractivity contribution is 6.05. The number of hydrogen-bond acceptors (Lipinski definition) is 9. The van der Waals surface area contributed by atoms with E-state index in [1.807, 2.05) is 12.2 Å². The average Bonchev–Trinajstić information content (AvgIpc) is 2.80. The van der Waals surface area contributed by atoms with E-state index in [1.54, 1.807) is 0 Å². The second kappa shape index (κ2) is 8.43. The number of Topliss-reactive ketones (excluding diaryl/α,β-unsaturated/α-hetero) is 1. The van der Waals surface area contributed by atoms with Crippen molar-refractivity contribution in [2.75, 3.05) is 28.4 Å². The molecule has 0 saturated heterocycles. The van der Waals surface area contributed by atoms with E-state index < -0.39 is 40.6 Å². The van der Waals surface area contributed by atoms with Crippen LogP contribution in [0.5, 0.6) is 0 Å². The zero-order chi connectivity index (χ0) is 23.0. The first-order chi connectivity index (χ1) is 14.7. The molecule has 0 aromatic rings. The highest BCUT2D eigenvalue weighted by atomic mass is 16.6. The van der Waals surface area contributed by atoms with Crippen molar-refractivity contribution in [3.8, 4) is 0 Å². The lowest BCUT2D eigenvalue weighted by Crippen LogP contribution is -2.55. The summed E-state index contributed by atoms with van der Waals surface area (Å²) in [5.74, 6) is -4.12. The van der Waals surface area contributed by atoms with E-state index in [2.05, 4.69) is 0 Å². The third-order valence-corrected chi connectivity index (χ3v) is 7.30. The van der Waals surface area contributed by atoms with E-state index in [9.17, 15) is 24.0 Å². The van der Waals surface area contributed by atoms with Crippen molar-refractivity contribution < 1.29 is 42.9 Å². The van der Waals surface area contributed by atoms with E-state index in [4.69, 9.17) is 18.9 Å². The number of esters is 4. The van der Waals surface area contributed by atoms with Gasteiger partial charge in [-0.1, -0.05) is 12.2 Å². The third-order valence-electron chi connectivity index (χ3n) is 7.30. The number of fused-ring (bicyclic) bond motifs is 3. The second-order valence-corrected chi connectivity index (χ2v) is 8.62. The summed E-state index contributed by atoms with van der Waals surface area (Å²) < 4.78 is 19.5. The number of rotatable bonds is 4. The molecule has 170 valence electrons. The molecule has 0 radical (unpaired) electrons. The number of ketones is 1.